The Balaban J connectivity index is 1.95. The van der Waals surface area contributed by atoms with E-state index in [0.29, 0.717) is 25.1 Å². The van der Waals surface area contributed by atoms with Crippen LogP contribution in [0.3, 0.4) is 0 Å². The lowest BCUT2D eigenvalue weighted by Crippen LogP contribution is -2.42. The molecule has 0 aromatic heterocycles. The van der Waals surface area contributed by atoms with Crippen LogP contribution in [0.2, 0.25) is 0 Å². The lowest BCUT2D eigenvalue weighted by Gasteiger charge is -2.21. The Kier molecular flexibility index (Phi) is 9.58. The van der Waals surface area contributed by atoms with Gasteiger partial charge in [-0.05, 0) is 52.8 Å². The van der Waals surface area contributed by atoms with Crippen LogP contribution < -0.4 is 15.4 Å². The first-order chi connectivity index (χ1) is 13.5. The number of aryl methyl sites for hydroxylation is 1. The van der Waals surface area contributed by atoms with E-state index >= 15 is 0 Å². The second-order valence-corrected chi connectivity index (χ2v) is 7.85. The molecular weight excluding hydrogens is 352 g/mol. The highest BCUT2D eigenvalue weighted by Gasteiger charge is 2.17. The van der Waals surface area contributed by atoms with Gasteiger partial charge in [-0.1, -0.05) is 12.1 Å². The molecule has 1 fully saturated rings. The molecule has 1 aliphatic heterocycles. The van der Waals surface area contributed by atoms with Crippen LogP contribution in [-0.4, -0.2) is 63.4 Å². The number of hydrogen-bond acceptors (Lipinski definition) is 4. The first kappa shape index (κ1) is 22.5. The molecule has 1 unspecified atom stereocenters. The van der Waals surface area contributed by atoms with Crippen molar-refractivity contribution in [3.05, 3.63) is 29.3 Å². The van der Waals surface area contributed by atoms with Gasteiger partial charge in [-0.2, -0.15) is 0 Å². The van der Waals surface area contributed by atoms with Crippen molar-refractivity contribution in [2.24, 2.45) is 10.9 Å². The van der Waals surface area contributed by atoms with Crippen LogP contribution in [0, 0.1) is 12.8 Å². The summed E-state index contributed by atoms with van der Waals surface area (Å²) < 4.78 is 11.6. The highest BCUT2D eigenvalue weighted by molar-refractivity contribution is 5.79. The van der Waals surface area contributed by atoms with Gasteiger partial charge in [-0.25, -0.2) is 4.99 Å². The van der Waals surface area contributed by atoms with E-state index in [2.05, 4.69) is 68.5 Å². The standard InChI is InChI=1S/C22H38N4O2/c1-6-23-22(24-10-11-26(5)17(2)3)25-14-20-8-7-18(4)13-21(20)28-16-19-9-12-27-15-19/h7-8,13,17,19H,6,9-12,14-16H2,1-5H3,(H2,23,24,25). The summed E-state index contributed by atoms with van der Waals surface area (Å²) in [6.07, 6.45) is 1.08. The number of hydrogen-bond donors (Lipinski definition) is 2. The number of nitrogens with one attached hydrogen (secondary N) is 2. The molecule has 6 nitrogen and oxygen atoms in total. The fraction of sp³-hybridized carbons (Fsp3) is 0.682. The summed E-state index contributed by atoms with van der Waals surface area (Å²) in [5, 5.41) is 6.75. The monoisotopic (exact) mass is 390 g/mol. The maximum absolute atomic E-state index is 6.14. The van der Waals surface area contributed by atoms with Crippen LogP contribution in [-0.2, 0) is 11.3 Å². The number of benzene rings is 1. The molecule has 1 aromatic carbocycles. The molecule has 1 heterocycles. The number of likely N-dealkylation sites (N-methyl/N-ethyl adjacent to an activating group) is 1. The summed E-state index contributed by atoms with van der Waals surface area (Å²) in [5.74, 6) is 2.27. The van der Waals surface area contributed by atoms with E-state index in [1.54, 1.807) is 0 Å². The molecule has 2 rings (SSSR count). The van der Waals surface area contributed by atoms with Gasteiger partial charge in [0.25, 0.3) is 0 Å². The van der Waals surface area contributed by atoms with Gasteiger partial charge in [0.05, 0.1) is 19.8 Å². The fourth-order valence-electron chi connectivity index (χ4n) is 2.96. The molecule has 6 heteroatoms. The summed E-state index contributed by atoms with van der Waals surface area (Å²) in [4.78, 5) is 7.08. The zero-order chi connectivity index (χ0) is 20.4. The van der Waals surface area contributed by atoms with E-state index in [1.165, 1.54) is 5.56 Å². The molecule has 1 atom stereocenters. The molecule has 0 aliphatic carbocycles. The second-order valence-electron chi connectivity index (χ2n) is 7.85. The normalized spacial score (nSPS) is 17.4. The van der Waals surface area contributed by atoms with E-state index in [-0.39, 0.29) is 0 Å². The van der Waals surface area contributed by atoms with E-state index in [4.69, 9.17) is 14.5 Å². The van der Waals surface area contributed by atoms with Crippen molar-refractivity contribution in [3.63, 3.8) is 0 Å². The van der Waals surface area contributed by atoms with Gasteiger partial charge < -0.3 is 25.0 Å². The van der Waals surface area contributed by atoms with Crippen LogP contribution in [0.1, 0.15) is 38.3 Å². The van der Waals surface area contributed by atoms with Crippen molar-refractivity contribution in [1.82, 2.24) is 15.5 Å². The molecule has 0 radical (unpaired) electrons. The van der Waals surface area contributed by atoms with Crippen molar-refractivity contribution in [1.29, 1.82) is 0 Å². The minimum atomic E-state index is 0.494. The Morgan fingerprint density at radius 3 is 2.86 bits per heavy atom. The Hall–Kier alpha value is -1.79. The van der Waals surface area contributed by atoms with Crippen LogP contribution in [0.4, 0.5) is 0 Å². The van der Waals surface area contributed by atoms with Gasteiger partial charge in [-0.3, -0.25) is 0 Å². The summed E-state index contributed by atoms with van der Waals surface area (Å²) in [7, 11) is 2.14. The van der Waals surface area contributed by atoms with Gasteiger partial charge in [0.1, 0.15) is 5.75 Å². The van der Waals surface area contributed by atoms with Gasteiger partial charge in [0.15, 0.2) is 5.96 Å². The van der Waals surface area contributed by atoms with Crippen LogP contribution in [0.25, 0.3) is 0 Å². The Labute approximate surface area is 170 Å². The lowest BCUT2D eigenvalue weighted by atomic mass is 10.1. The first-order valence-corrected chi connectivity index (χ1v) is 10.5. The topological polar surface area (TPSA) is 58.1 Å². The third-order valence-corrected chi connectivity index (χ3v) is 5.11. The summed E-state index contributed by atoms with van der Waals surface area (Å²) in [5.41, 5.74) is 2.31. The molecule has 1 saturated heterocycles. The fourth-order valence-corrected chi connectivity index (χ4v) is 2.96. The summed E-state index contributed by atoms with van der Waals surface area (Å²) in [6.45, 7) is 14.2. The van der Waals surface area contributed by atoms with Crippen molar-refractivity contribution >= 4 is 5.96 Å². The highest BCUT2D eigenvalue weighted by Crippen LogP contribution is 2.23. The predicted molar refractivity (Wildman–Crippen MR) is 116 cm³/mol. The van der Waals surface area contributed by atoms with Gasteiger partial charge in [-0.15, -0.1) is 0 Å². The molecule has 1 aromatic rings. The lowest BCUT2D eigenvalue weighted by molar-refractivity contribution is 0.166. The SMILES string of the molecule is CCNC(=NCc1ccc(C)cc1OCC1CCOC1)NCCN(C)C(C)C. The Morgan fingerprint density at radius 2 is 2.18 bits per heavy atom. The molecule has 1 aliphatic rings. The molecule has 0 bridgehead atoms. The first-order valence-electron chi connectivity index (χ1n) is 10.5. The molecule has 28 heavy (non-hydrogen) atoms. The van der Waals surface area contributed by atoms with E-state index in [9.17, 15) is 0 Å². The largest absolute Gasteiger partial charge is 0.493 e. The average Bonchev–Trinajstić information content (AvgIpc) is 3.18. The van der Waals surface area contributed by atoms with Gasteiger partial charge in [0, 0.05) is 43.8 Å². The molecule has 2 N–H and O–H groups in total. The maximum Gasteiger partial charge on any atom is 0.191 e. The van der Waals surface area contributed by atoms with E-state index in [0.717, 1.165) is 56.5 Å². The number of ether oxygens (including phenoxy) is 2. The van der Waals surface area contributed by atoms with Crippen molar-refractivity contribution in [2.75, 3.05) is 46.5 Å². The van der Waals surface area contributed by atoms with Crippen LogP contribution in [0.5, 0.6) is 5.75 Å². The second kappa shape index (κ2) is 11.9. The zero-order valence-electron chi connectivity index (χ0n) is 18.3. The molecule has 0 amide bonds. The number of aliphatic imine (C=N–C) groups is 1. The van der Waals surface area contributed by atoms with Crippen molar-refractivity contribution in [3.8, 4) is 5.75 Å². The Morgan fingerprint density at radius 1 is 1.36 bits per heavy atom. The van der Waals surface area contributed by atoms with E-state index < -0.39 is 0 Å². The zero-order valence-corrected chi connectivity index (χ0v) is 18.3. The average molecular weight is 391 g/mol. The minimum absolute atomic E-state index is 0.494. The van der Waals surface area contributed by atoms with Gasteiger partial charge >= 0.3 is 0 Å². The van der Waals surface area contributed by atoms with E-state index in [1.807, 2.05) is 0 Å². The minimum Gasteiger partial charge on any atom is -0.493 e. The summed E-state index contributed by atoms with van der Waals surface area (Å²) >= 11 is 0. The number of nitrogens with zero attached hydrogens (tertiary/aromatic N) is 2. The predicted octanol–water partition coefficient (Wildman–Crippen LogP) is 2.81. The van der Waals surface area contributed by atoms with Crippen LogP contribution in [0.15, 0.2) is 23.2 Å². The molecule has 0 saturated carbocycles. The third-order valence-electron chi connectivity index (χ3n) is 5.11. The maximum atomic E-state index is 6.14. The quantitative estimate of drug-likeness (QED) is 0.475. The number of guanidine groups is 1. The highest BCUT2D eigenvalue weighted by atomic mass is 16.5. The molecule has 158 valence electrons. The third kappa shape index (κ3) is 7.68. The summed E-state index contributed by atoms with van der Waals surface area (Å²) in [6, 6.07) is 6.89. The number of rotatable bonds is 10. The smallest absolute Gasteiger partial charge is 0.191 e. The van der Waals surface area contributed by atoms with Crippen molar-refractivity contribution in [2.45, 2.75) is 46.7 Å². The Bertz CT molecular complexity index is 613. The van der Waals surface area contributed by atoms with Crippen LogP contribution >= 0.6 is 0 Å². The molecule has 0 spiro atoms. The molecular formula is C22H38N4O2. The van der Waals surface area contributed by atoms with Gasteiger partial charge in [0.2, 0.25) is 0 Å². The van der Waals surface area contributed by atoms with Crippen molar-refractivity contribution < 1.29 is 9.47 Å².